The summed E-state index contributed by atoms with van der Waals surface area (Å²) in [5.41, 5.74) is -0.213. The lowest BCUT2D eigenvalue weighted by Crippen LogP contribution is -2.52. The number of hydrogen-bond donors (Lipinski definition) is 0. The zero-order chi connectivity index (χ0) is 11.6. The maximum absolute atomic E-state index is 13.2. The van der Waals surface area contributed by atoms with Crippen molar-refractivity contribution in [3.63, 3.8) is 0 Å². The molecule has 0 radical (unpaired) electrons. The predicted octanol–water partition coefficient (Wildman–Crippen LogP) is 3.80. The van der Waals surface area contributed by atoms with Crippen molar-refractivity contribution in [1.82, 2.24) is 0 Å². The maximum atomic E-state index is 13.2. The zero-order valence-corrected chi connectivity index (χ0v) is 11.2. The van der Waals surface area contributed by atoms with Gasteiger partial charge in [0, 0.05) is 18.3 Å². The van der Waals surface area contributed by atoms with Crippen LogP contribution in [0.25, 0.3) is 0 Å². The molecule has 0 amide bonds. The van der Waals surface area contributed by atoms with E-state index in [1.165, 1.54) is 22.6 Å². The molecule has 4 rings (SSSR count). The number of hydrogen-bond acceptors (Lipinski definition) is 1. The number of ketones is 1. The van der Waals surface area contributed by atoms with Gasteiger partial charge in [0.05, 0.1) is 0 Å². The zero-order valence-electron chi connectivity index (χ0n) is 9.02. The topological polar surface area (TPSA) is 17.1 Å². The van der Waals surface area contributed by atoms with Gasteiger partial charge in [0.25, 0.3) is 3.93 Å². The molecule has 0 spiro atoms. The molecule has 4 saturated carbocycles. The lowest BCUT2D eigenvalue weighted by molar-refractivity contribution is -0.151. The van der Waals surface area contributed by atoms with Gasteiger partial charge in [-0.3, -0.25) is 4.79 Å². The van der Waals surface area contributed by atoms with Crippen LogP contribution in [0, 0.1) is 23.2 Å². The van der Waals surface area contributed by atoms with Gasteiger partial charge >= 0.3 is 0 Å². The van der Waals surface area contributed by atoms with Gasteiger partial charge in [-0.1, -0.05) is 0 Å². The molecule has 1 nitrogen and oxygen atoms in total. The molecule has 2 unspecified atom stereocenters. The fourth-order valence-corrected chi connectivity index (χ4v) is 5.36. The van der Waals surface area contributed by atoms with E-state index in [1.807, 2.05) is 0 Å². The molecule has 0 aliphatic heterocycles. The first kappa shape index (κ1) is 11.4. The highest BCUT2D eigenvalue weighted by Crippen LogP contribution is 2.62. The van der Waals surface area contributed by atoms with Gasteiger partial charge in [-0.2, -0.15) is 8.78 Å². The van der Waals surface area contributed by atoms with E-state index in [1.54, 1.807) is 0 Å². The first-order valence-electron chi connectivity index (χ1n) is 5.97. The minimum absolute atomic E-state index is 0.0165. The SMILES string of the molecule is O=C1C2CC3CC1CC(CC(F)(F)I)(C3)C2. The molecule has 90 valence electrons. The van der Waals surface area contributed by atoms with Gasteiger partial charge in [0.15, 0.2) is 0 Å². The molecule has 0 saturated heterocycles. The van der Waals surface area contributed by atoms with Crippen molar-refractivity contribution in [2.45, 2.75) is 42.5 Å². The molecule has 4 heteroatoms. The first-order chi connectivity index (χ1) is 7.37. The third kappa shape index (κ3) is 1.81. The highest BCUT2D eigenvalue weighted by Gasteiger charge is 2.57. The van der Waals surface area contributed by atoms with E-state index in [-0.39, 0.29) is 23.7 Å². The monoisotopic (exact) mass is 340 g/mol. The van der Waals surface area contributed by atoms with Crippen molar-refractivity contribution in [3.05, 3.63) is 0 Å². The van der Waals surface area contributed by atoms with Crippen LogP contribution in [0.15, 0.2) is 0 Å². The number of alkyl halides is 3. The minimum atomic E-state index is -2.60. The average molecular weight is 340 g/mol. The second kappa shape index (κ2) is 3.39. The lowest BCUT2D eigenvalue weighted by atomic mass is 9.48. The maximum Gasteiger partial charge on any atom is 0.297 e. The summed E-state index contributed by atoms with van der Waals surface area (Å²) in [6.45, 7) is 0. The summed E-state index contributed by atoms with van der Waals surface area (Å²) in [7, 11) is 0. The molecule has 16 heavy (non-hydrogen) atoms. The second-order valence-corrected chi connectivity index (χ2v) is 7.62. The fraction of sp³-hybridized carbons (Fsp3) is 0.917. The molecule has 4 bridgehead atoms. The Hall–Kier alpha value is 0.260. The third-order valence-corrected chi connectivity index (χ3v) is 5.08. The van der Waals surface area contributed by atoms with Crippen molar-refractivity contribution in [3.8, 4) is 0 Å². The molecule has 0 aromatic rings. The molecule has 0 aromatic carbocycles. The highest BCUT2D eigenvalue weighted by molar-refractivity contribution is 14.1. The number of carbonyl (C=O) groups is 1. The average Bonchev–Trinajstić information content (AvgIpc) is 2.08. The van der Waals surface area contributed by atoms with Crippen LogP contribution in [0.2, 0.25) is 0 Å². The molecular weight excluding hydrogens is 325 g/mol. The number of halogens is 3. The molecule has 0 N–H and O–H groups in total. The van der Waals surface area contributed by atoms with Gasteiger partial charge < -0.3 is 0 Å². The van der Waals surface area contributed by atoms with Gasteiger partial charge in [0.2, 0.25) is 0 Å². The van der Waals surface area contributed by atoms with Crippen molar-refractivity contribution in [1.29, 1.82) is 0 Å². The van der Waals surface area contributed by atoms with Crippen molar-refractivity contribution < 1.29 is 13.6 Å². The van der Waals surface area contributed by atoms with E-state index in [2.05, 4.69) is 0 Å². The van der Waals surface area contributed by atoms with Crippen LogP contribution in [0.3, 0.4) is 0 Å². The molecule has 4 aliphatic carbocycles. The van der Waals surface area contributed by atoms with Crippen molar-refractivity contribution in [2.75, 3.05) is 0 Å². The van der Waals surface area contributed by atoms with E-state index in [9.17, 15) is 13.6 Å². The lowest BCUT2D eigenvalue weighted by Gasteiger charge is -2.56. The summed E-state index contributed by atoms with van der Waals surface area (Å²) in [6, 6.07) is 0. The Bertz CT molecular complexity index is 318. The largest absolute Gasteiger partial charge is 0.299 e. The van der Waals surface area contributed by atoms with E-state index < -0.39 is 3.93 Å². The van der Waals surface area contributed by atoms with Crippen LogP contribution in [0.5, 0.6) is 0 Å². The second-order valence-electron chi connectivity index (χ2n) is 6.04. The van der Waals surface area contributed by atoms with Crippen LogP contribution < -0.4 is 0 Å². The summed E-state index contributed by atoms with van der Waals surface area (Å²) in [6.07, 6.45) is 4.34. The van der Waals surface area contributed by atoms with Gasteiger partial charge in [0.1, 0.15) is 5.78 Å². The van der Waals surface area contributed by atoms with Crippen LogP contribution in [0.1, 0.15) is 38.5 Å². The van der Waals surface area contributed by atoms with E-state index in [4.69, 9.17) is 0 Å². The van der Waals surface area contributed by atoms with E-state index in [0.717, 1.165) is 32.1 Å². The summed E-state index contributed by atoms with van der Waals surface area (Å²) >= 11 is 1.25. The first-order valence-corrected chi connectivity index (χ1v) is 7.05. The Labute approximate surface area is 107 Å². The van der Waals surface area contributed by atoms with Crippen molar-refractivity contribution in [2.24, 2.45) is 23.2 Å². The Morgan fingerprint density at radius 2 is 1.81 bits per heavy atom. The Kier molecular flexibility index (Phi) is 2.41. The highest BCUT2D eigenvalue weighted by atomic mass is 127. The molecule has 4 fully saturated rings. The number of Topliss-reactive ketones (excluding diaryl/α,β-unsaturated/α-hetero) is 1. The van der Waals surface area contributed by atoms with E-state index >= 15 is 0 Å². The standard InChI is InChI=1S/C12H15F2IO/c13-12(14,15)6-11-3-7-1-8(4-11)10(16)9(2-7)5-11/h7-9H,1-6H2. The Morgan fingerprint density at radius 3 is 2.31 bits per heavy atom. The molecule has 0 heterocycles. The smallest absolute Gasteiger partial charge is 0.297 e. The van der Waals surface area contributed by atoms with Gasteiger partial charge in [-0.25, -0.2) is 0 Å². The summed E-state index contributed by atoms with van der Waals surface area (Å²) in [5, 5.41) is 0. The van der Waals surface area contributed by atoms with Gasteiger partial charge in [-0.15, -0.1) is 0 Å². The normalized spacial score (nSPS) is 46.4. The number of rotatable bonds is 2. The minimum Gasteiger partial charge on any atom is -0.299 e. The molecule has 2 atom stereocenters. The quantitative estimate of drug-likeness (QED) is 0.552. The Balaban J connectivity index is 1.86. The molecule has 0 aromatic heterocycles. The number of carbonyl (C=O) groups excluding carboxylic acids is 1. The summed E-state index contributed by atoms with van der Waals surface area (Å²) < 4.78 is 23.9. The molecule has 4 aliphatic rings. The Morgan fingerprint density at radius 1 is 1.25 bits per heavy atom. The van der Waals surface area contributed by atoms with Crippen LogP contribution in [-0.4, -0.2) is 9.71 Å². The predicted molar refractivity (Wildman–Crippen MR) is 64.6 cm³/mol. The van der Waals surface area contributed by atoms with Crippen LogP contribution in [-0.2, 0) is 4.79 Å². The van der Waals surface area contributed by atoms with Crippen LogP contribution in [0.4, 0.5) is 8.78 Å². The van der Waals surface area contributed by atoms with Crippen LogP contribution >= 0.6 is 22.6 Å². The fourth-order valence-electron chi connectivity index (χ4n) is 4.55. The van der Waals surface area contributed by atoms with Gasteiger partial charge in [-0.05, 0) is 66.0 Å². The van der Waals surface area contributed by atoms with E-state index in [0.29, 0.717) is 11.7 Å². The third-order valence-electron chi connectivity index (χ3n) is 4.70. The van der Waals surface area contributed by atoms with Crippen molar-refractivity contribution >= 4 is 28.4 Å². The summed E-state index contributed by atoms with van der Waals surface area (Å²) in [4.78, 5) is 11.9. The summed E-state index contributed by atoms with van der Waals surface area (Å²) in [5.74, 6) is 1.16. The molecular formula is C12H15F2IO.